The molecule has 0 fully saturated rings. The van der Waals surface area contributed by atoms with E-state index in [0.29, 0.717) is 18.4 Å². The maximum Gasteiger partial charge on any atom is 0.191 e. The van der Waals surface area contributed by atoms with Crippen molar-refractivity contribution >= 4 is 5.96 Å². The number of hydrogen-bond acceptors (Lipinski definition) is 4. The Balaban J connectivity index is 1.78. The van der Waals surface area contributed by atoms with Crippen molar-refractivity contribution in [2.24, 2.45) is 10.9 Å². The maximum absolute atomic E-state index is 5.33. The molecule has 138 valence electrons. The van der Waals surface area contributed by atoms with Crippen LogP contribution in [0.3, 0.4) is 0 Å². The summed E-state index contributed by atoms with van der Waals surface area (Å²) in [5, 5.41) is 15.2. The standard InChI is InChI=1S/C18H30N6O/c1-12(2)17-8-16(25-23-17)10-21-18(19-6)20-9-13(3)11-24-15(5)7-14(4)22-24/h7-8,12-13H,9-11H2,1-6H3,(H2,19,20,21). The van der Waals surface area contributed by atoms with E-state index in [2.05, 4.69) is 64.3 Å². The summed E-state index contributed by atoms with van der Waals surface area (Å²) in [6.07, 6.45) is 0. The molecule has 7 nitrogen and oxygen atoms in total. The van der Waals surface area contributed by atoms with Crippen molar-refractivity contribution in [3.05, 3.63) is 35.0 Å². The van der Waals surface area contributed by atoms with Gasteiger partial charge < -0.3 is 15.2 Å². The Labute approximate surface area is 149 Å². The summed E-state index contributed by atoms with van der Waals surface area (Å²) in [6.45, 7) is 12.7. The van der Waals surface area contributed by atoms with Crippen LogP contribution >= 0.6 is 0 Å². The van der Waals surface area contributed by atoms with Crippen molar-refractivity contribution in [3.8, 4) is 0 Å². The van der Waals surface area contributed by atoms with Gasteiger partial charge in [0, 0.05) is 31.9 Å². The van der Waals surface area contributed by atoms with Gasteiger partial charge in [-0.3, -0.25) is 9.67 Å². The second kappa shape index (κ2) is 8.69. The first-order valence-corrected chi connectivity index (χ1v) is 8.80. The number of rotatable bonds is 7. The highest BCUT2D eigenvalue weighted by molar-refractivity contribution is 5.79. The van der Waals surface area contributed by atoms with E-state index >= 15 is 0 Å². The molecule has 0 aliphatic heterocycles. The molecule has 0 bridgehead atoms. The molecule has 2 heterocycles. The second-order valence-electron chi connectivity index (χ2n) is 6.89. The summed E-state index contributed by atoms with van der Waals surface area (Å²) < 4.78 is 7.39. The molecular weight excluding hydrogens is 316 g/mol. The predicted octanol–water partition coefficient (Wildman–Crippen LogP) is 2.61. The molecule has 7 heteroatoms. The van der Waals surface area contributed by atoms with Crippen molar-refractivity contribution in [2.45, 2.75) is 53.6 Å². The Morgan fingerprint density at radius 3 is 2.56 bits per heavy atom. The third kappa shape index (κ3) is 5.62. The molecule has 0 amide bonds. The molecule has 0 radical (unpaired) electrons. The van der Waals surface area contributed by atoms with Gasteiger partial charge >= 0.3 is 0 Å². The lowest BCUT2D eigenvalue weighted by atomic mass is 10.1. The van der Waals surface area contributed by atoms with E-state index in [1.54, 1.807) is 7.05 Å². The van der Waals surface area contributed by atoms with Crippen LogP contribution in [0.2, 0.25) is 0 Å². The van der Waals surface area contributed by atoms with Crippen LogP contribution in [0, 0.1) is 19.8 Å². The largest absolute Gasteiger partial charge is 0.359 e. The van der Waals surface area contributed by atoms with Gasteiger partial charge in [-0.25, -0.2) is 0 Å². The summed E-state index contributed by atoms with van der Waals surface area (Å²) in [4.78, 5) is 4.26. The minimum absolute atomic E-state index is 0.366. The van der Waals surface area contributed by atoms with Gasteiger partial charge in [0.2, 0.25) is 0 Å². The molecule has 1 unspecified atom stereocenters. The zero-order valence-electron chi connectivity index (χ0n) is 16.1. The molecule has 0 saturated carbocycles. The van der Waals surface area contributed by atoms with Gasteiger partial charge in [0.1, 0.15) is 0 Å². The van der Waals surface area contributed by atoms with Crippen LogP contribution in [0.4, 0.5) is 0 Å². The monoisotopic (exact) mass is 346 g/mol. The maximum atomic E-state index is 5.33. The van der Waals surface area contributed by atoms with Crippen molar-refractivity contribution in [1.29, 1.82) is 0 Å². The first-order chi connectivity index (χ1) is 11.9. The highest BCUT2D eigenvalue weighted by Gasteiger charge is 2.10. The Hall–Kier alpha value is -2.31. The minimum Gasteiger partial charge on any atom is -0.359 e. The van der Waals surface area contributed by atoms with E-state index in [-0.39, 0.29) is 0 Å². The number of hydrogen-bond donors (Lipinski definition) is 2. The second-order valence-corrected chi connectivity index (χ2v) is 6.89. The van der Waals surface area contributed by atoms with Crippen molar-refractivity contribution in [1.82, 2.24) is 25.6 Å². The van der Waals surface area contributed by atoms with Crippen molar-refractivity contribution in [3.63, 3.8) is 0 Å². The van der Waals surface area contributed by atoms with Crippen LogP contribution in [0.25, 0.3) is 0 Å². The number of nitrogens with one attached hydrogen (secondary N) is 2. The Bertz CT molecular complexity index is 700. The fourth-order valence-corrected chi connectivity index (χ4v) is 2.57. The molecule has 0 aliphatic rings. The lowest BCUT2D eigenvalue weighted by Gasteiger charge is -2.16. The summed E-state index contributed by atoms with van der Waals surface area (Å²) in [7, 11) is 1.76. The van der Waals surface area contributed by atoms with Crippen molar-refractivity contribution in [2.75, 3.05) is 13.6 Å². The number of aliphatic imine (C=N–C) groups is 1. The molecule has 0 aromatic carbocycles. The molecule has 1 atom stereocenters. The topological polar surface area (TPSA) is 80.3 Å². The number of nitrogens with zero attached hydrogens (tertiary/aromatic N) is 4. The van der Waals surface area contributed by atoms with E-state index in [1.807, 2.05) is 13.0 Å². The van der Waals surface area contributed by atoms with Crippen LogP contribution in [-0.2, 0) is 13.1 Å². The lowest BCUT2D eigenvalue weighted by Crippen LogP contribution is -2.39. The number of guanidine groups is 1. The zero-order chi connectivity index (χ0) is 18.4. The van der Waals surface area contributed by atoms with E-state index in [9.17, 15) is 0 Å². The number of aromatic nitrogens is 3. The molecule has 2 aromatic rings. The van der Waals surface area contributed by atoms with Crippen molar-refractivity contribution < 1.29 is 4.52 Å². The molecule has 2 rings (SSSR count). The van der Waals surface area contributed by atoms with E-state index in [0.717, 1.165) is 36.2 Å². The molecule has 25 heavy (non-hydrogen) atoms. The van der Waals surface area contributed by atoms with Crippen LogP contribution in [0.1, 0.15) is 49.5 Å². The Morgan fingerprint density at radius 1 is 1.24 bits per heavy atom. The molecular formula is C18H30N6O. The summed E-state index contributed by atoms with van der Waals surface area (Å²) in [6, 6.07) is 4.08. The van der Waals surface area contributed by atoms with Gasteiger partial charge in [-0.2, -0.15) is 5.10 Å². The van der Waals surface area contributed by atoms with Gasteiger partial charge in [-0.05, 0) is 31.7 Å². The Kier molecular flexibility index (Phi) is 6.61. The van der Waals surface area contributed by atoms with Gasteiger partial charge in [0.05, 0.1) is 17.9 Å². The highest BCUT2D eigenvalue weighted by atomic mass is 16.5. The van der Waals surface area contributed by atoms with E-state index in [1.165, 1.54) is 5.69 Å². The van der Waals surface area contributed by atoms with Gasteiger partial charge in [-0.15, -0.1) is 0 Å². The third-order valence-electron chi connectivity index (χ3n) is 4.03. The SMILES string of the molecule is CN=C(NCc1cc(C(C)C)no1)NCC(C)Cn1nc(C)cc1C. The normalized spacial score (nSPS) is 13.3. The average Bonchev–Trinajstić information content (AvgIpc) is 3.14. The van der Waals surface area contributed by atoms with Crippen LogP contribution in [-0.4, -0.2) is 34.5 Å². The van der Waals surface area contributed by atoms with Gasteiger partial charge in [0.15, 0.2) is 11.7 Å². The third-order valence-corrected chi connectivity index (χ3v) is 4.03. The lowest BCUT2D eigenvalue weighted by molar-refractivity contribution is 0.371. The average molecular weight is 346 g/mol. The smallest absolute Gasteiger partial charge is 0.191 e. The molecule has 0 spiro atoms. The first-order valence-electron chi connectivity index (χ1n) is 8.80. The number of aryl methyl sites for hydroxylation is 2. The van der Waals surface area contributed by atoms with Crippen LogP contribution in [0.15, 0.2) is 21.6 Å². The fraction of sp³-hybridized carbons (Fsp3) is 0.611. The van der Waals surface area contributed by atoms with E-state index in [4.69, 9.17) is 4.52 Å². The predicted molar refractivity (Wildman–Crippen MR) is 99.7 cm³/mol. The molecule has 0 saturated heterocycles. The first kappa shape index (κ1) is 19.0. The summed E-state index contributed by atoms with van der Waals surface area (Å²) >= 11 is 0. The molecule has 0 aliphatic carbocycles. The summed E-state index contributed by atoms with van der Waals surface area (Å²) in [5.74, 6) is 2.35. The van der Waals surface area contributed by atoms with Crippen LogP contribution < -0.4 is 10.6 Å². The molecule has 2 N–H and O–H groups in total. The zero-order valence-corrected chi connectivity index (χ0v) is 16.1. The van der Waals surface area contributed by atoms with Gasteiger partial charge in [-0.1, -0.05) is 25.9 Å². The quantitative estimate of drug-likeness (QED) is 0.595. The highest BCUT2D eigenvalue weighted by Crippen LogP contribution is 2.13. The fourth-order valence-electron chi connectivity index (χ4n) is 2.57. The summed E-state index contributed by atoms with van der Waals surface area (Å²) in [5.41, 5.74) is 3.22. The van der Waals surface area contributed by atoms with Gasteiger partial charge in [0.25, 0.3) is 0 Å². The van der Waals surface area contributed by atoms with E-state index < -0.39 is 0 Å². The molecule has 2 aromatic heterocycles. The Morgan fingerprint density at radius 2 is 2.00 bits per heavy atom. The minimum atomic E-state index is 0.366. The van der Waals surface area contributed by atoms with Crippen LogP contribution in [0.5, 0.6) is 0 Å².